The lowest BCUT2D eigenvalue weighted by molar-refractivity contribution is 0.0923. The Balaban J connectivity index is 2.16. The second-order valence-corrected chi connectivity index (χ2v) is 3.96. The Bertz CT molecular complexity index is 430. The van der Waals surface area contributed by atoms with Gasteiger partial charge >= 0.3 is 6.09 Å². The van der Waals surface area contributed by atoms with E-state index in [1.54, 1.807) is 12.1 Å². The fraction of sp³-hybridized carbons (Fsp3) is 0.273. The van der Waals surface area contributed by atoms with Crippen molar-refractivity contribution in [3.05, 3.63) is 35.2 Å². The summed E-state index contributed by atoms with van der Waals surface area (Å²) in [6.07, 6.45) is 0.917. The molecular weight excluding hydrogens is 304 g/mol. The van der Waals surface area contributed by atoms with Crippen LogP contribution in [0.2, 0.25) is 0 Å². The molecule has 6 nitrogen and oxygen atoms in total. The molecular formula is C11H13BrN2O4. The highest BCUT2D eigenvalue weighted by atomic mass is 79.9. The molecule has 0 fully saturated rings. The van der Waals surface area contributed by atoms with E-state index in [1.165, 1.54) is 6.08 Å². The molecule has 7 heteroatoms. The zero-order chi connectivity index (χ0) is 13.4. The van der Waals surface area contributed by atoms with Gasteiger partial charge in [0.05, 0.1) is 0 Å². The molecule has 0 aliphatic rings. The van der Waals surface area contributed by atoms with Crippen molar-refractivity contribution in [1.29, 1.82) is 0 Å². The average molecular weight is 317 g/mol. The third-order valence-corrected chi connectivity index (χ3v) is 2.24. The quantitative estimate of drug-likeness (QED) is 0.618. The van der Waals surface area contributed by atoms with Crippen LogP contribution in [-0.4, -0.2) is 31.7 Å². The van der Waals surface area contributed by atoms with Gasteiger partial charge in [0.2, 0.25) is 0 Å². The molecule has 0 aliphatic carbocycles. The molecule has 0 radical (unpaired) electrons. The van der Waals surface area contributed by atoms with Gasteiger partial charge in [-0.3, -0.25) is 4.79 Å². The maximum atomic E-state index is 11.5. The van der Waals surface area contributed by atoms with E-state index in [0.29, 0.717) is 4.67 Å². The number of hydrogen-bond acceptors (Lipinski definition) is 4. The largest absolute Gasteiger partial charge is 0.445 e. The van der Waals surface area contributed by atoms with E-state index in [9.17, 15) is 9.59 Å². The Hall–Kier alpha value is -1.76. The van der Waals surface area contributed by atoms with E-state index in [-0.39, 0.29) is 31.4 Å². The lowest BCUT2D eigenvalue weighted by atomic mass is 10.4. The molecule has 1 rings (SSSR count). The topological polar surface area (TPSA) is 80.6 Å². The first-order valence-corrected chi connectivity index (χ1v) is 5.98. The highest BCUT2D eigenvalue weighted by Gasteiger charge is 2.09. The Morgan fingerprint density at radius 1 is 1.39 bits per heavy atom. The minimum Gasteiger partial charge on any atom is -0.445 e. The molecule has 0 saturated heterocycles. The summed E-state index contributed by atoms with van der Waals surface area (Å²) in [4.78, 5) is 22.5. The number of amides is 2. The maximum absolute atomic E-state index is 11.5. The molecule has 0 unspecified atom stereocenters. The van der Waals surface area contributed by atoms with Crippen molar-refractivity contribution in [2.45, 2.75) is 0 Å². The molecule has 98 valence electrons. The summed E-state index contributed by atoms with van der Waals surface area (Å²) < 4.78 is 10.2. The van der Waals surface area contributed by atoms with E-state index in [1.807, 2.05) is 0 Å². The van der Waals surface area contributed by atoms with Crippen LogP contribution in [0.5, 0.6) is 0 Å². The van der Waals surface area contributed by atoms with Gasteiger partial charge < -0.3 is 19.8 Å². The van der Waals surface area contributed by atoms with E-state index in [0.717, 1.165) is 0 Å². The van der Waals surface area contributed by atoms with Gasteiger partial charge in [-0.15, -0.1) is 0 Å². The minimum absolute atomic E-state index is 0.151. The molecule has 1 heterocycles. The number of alkyl carbamates (subject to hydrolysis) is 1. The van der Waals surface area contributed by atoms with Gasteiger partial charge in [0, 0.05) is 13.1 Å². The monoisotopic (exact) mass is 316 g/mol. The van der Waals surface area contributed by atoms with Crippen LogP contribution in [-0.2, 0) is 4.74 Å². The highest BCUT2D eigenvalue weighted by Crippen LogP contribution is 2.13. The molecule has 18 heavy (non-hydrogen) atoms. The van der Waals surface area contributed by atoms with E-state index in [4.69, 9.17) is 4.42 Å². The molecule has 2 N–H and O–H groups in total. The first kappa shape index (κ1) is 14.3. The normalized spacial score (nSPS) is 9.61. The zero-order valence-corrected chi connectivity index (χ0v) is 11.2. The molecule has 1 aromatic rings. The first-order valence-electron chi connectivity index (χ1n) is 5.18. The summed E-state index contributed by atoms with van der Waals surface area (Å²) >= 11 is 3.10. The fourth-order valence-electron chi connectivity index (χ4n) is 1.05. The van der Waals surface area contributed by atoms with E-state index >= 15 is 0 Å². The number of halogens is 1. The number of nitrogens with one attached hydrogen (secondary N) is 2. The number of carbonyl (C=O) groups is 2. The van der Waals surface area contributed by atoms with Crippen molar-refractivity contribution in [2.75, 3.05) is 19.7 Å². The molecule has 0 bridgehead atoms. The lowest BCUT2D eigenvalue weighted by Crippen LogP contribution is -2.34. The third kappa shape index (κ3) is 5.05. The van der Waals surface area contributed by atoms with Crippen molar-refractivity contribution in [3.8, 4) is 0 Å². The Morgan fingerprint density at radius 3 is 2.72 bits per heavy atom. The molecule has 0 saturated carbocycles. The first-order chi connectivity index (χ1) is 8.63. The Kier molecular flexibility index (Phi) is 5.99. The Labute approximate surface area is 112 Å². The minimum atomic E-state index is -0.551. The predicted molar refractivity (Wildman–Crippen MR) is 68.3 cm³/mol. The molecule has 0 aromatic carbocycles. The van der Waals surface area contributed by atoms with Gasteiger partial charge in [-0.05, 0) is 28.1 Å². The van der Waals surface area contributed by atoms with Gasteiger partial charge in [0.1, 0.15) is 6.61 Å². The van der Waals surface area contributed by atoms with Crippen molar-refractivity contribution in [2.24, 2.45) is 0 Å². The second kappa shape index (κ2) is 7.54. The Morgan fingerprint density at radius 2 is 2.11 bits per heavy atom. The van der Waals surface area contributed by atoms with Crippen LogP contribution in [0, 0.1) is 0 Å². The summed E-state index contributed by atoms with van der Waals surface area (Å²) in [5.41, 5.74) is 0. The fourth-order valence-corrected chi connectivity index (χ4v) is 1.36. The summed E-state index contributed by atoms with van der Waals surface area (Å²) in [6.45, 7) is 4.11. The average Bonchev–Trinajstić information content (AvgIpc) is 2.78. The van der Waals surface area contributed by atoms with Gasteiger partial charge in [-0.25, -0.2) is 4.79 Å². The van der Waals surface area contributed by atoms with Crippen LogP contribution in [0.3, 0.4) is 0 Å². The SMILES string of the molecule is C=CCOC(=O)NCCNC(=O)c1ccc(Br)o1. The van der Waals surface area contributed by atoms with Gasteiger partial charge in [0.25, 0.3) is 5.91 Å². The molecule has 0 spiro atoms. The van der Waals surface area contributed by atoms with Gasteiger partial charge in [-0.1, -0.05) is 12.7 Å². The zero-order valence-electron chi connectivity index (χ0n) is 9.57. The molecule has 2 amide bonds. The summed E-state index contributed by atoms with van der Waals surface area (Å²) in [5, 5.41) is 5.05. The number of furan rings is 1. The van der Waals surface area contributed by atoms with Gasteiger partial charge in [0.15, 0.2) is 10.4 Å². The van der Waals surface area contributed by atoms with Crippen LogP contribution < -0.4 is 10.6 Å². The predicted octanol–water partition coefficient (Wildman–Crippen LogP) is 1.68. The summed E-state index contributed by atoms with van der Waals surface area (Å²) in [7, 11) is 0. The number of rotatable bonds is 6. The number of ether oxygens (including phenoxy) is 1. The summed E-state index contributed by atoms with van der Waals surface area (Å²) in [5.74, 6) is -0.141. The molecule has 0 aliphatic heterocycles. The molecule has 1 aromatic heterocycles. The van der Waals surface area contributed by atoms with Crippen molar-refractivity contribution < 1.29 is 18.7 Å². The smallest absolute Gasteiger partial charge is 0.407 e. The number of carbonyl (C=O) groups excluding carboxylic acids is 2. The van der Waals surface area contributed by atoms with E-state index < -0.39 is 6.09 Å². The van der Waals surface area contributed by atoms with Crippen LogP contribution >= 0.6 is 15.9 Å². The van der Waals surface area contributed by atoms with Crippen molar-refractivity contribution >= 4 is 27.9 Å². The highest BCUT2D eigenvalue weighted by molar-refractivity contribution is 9.10. The van der Waals surface area contributed by atoms with Crippen molar-refractivity contribution in [3.63, 3.8) is 0 Å². The summed E-state index contributed by atoms with van der Waals surface area (Å²) in [6, 6.07) is 3.17. The van der Waals surface area contributed by atoms with Crippen LogP contribution in [0.15, 0.2) is 33.9 Å². The third-order valence-electron chi connectivity index (χ3n) is 1.81. The van der Waals surface area contributed by atoms with E-state index in [2.05, 4.69) is 37.9 Å². The van der Waals surface area contributed by atoms with Crippen LogP contribution in [0.4, 0.5) is 4.79 Å². The lowest BCUT2D eigenvalue weighted by Gasteiger charge is -2.05. The van der Waals surface area contributed by atoms with Crippen LogP contribution in [0.25, 0.3) is 0 Å². The van der Waals surface area contributed by atoms with Gasteiger partial charge in [-0.2, -0.15) is 0 Å². The maximum Gasteiger partial charge on any atom is 0.407 e. The number of hydrogen-bond donors (Lipinski definition) is 2. The van der Waals surface area contributed by atoms with Crippen LogP contribution in [0.1, 0.15) is 10.6 Å². The van der Waals surface area contributed by atoms with Crippen molar-refractivity contribution in [1.82, 2.24) is 10.6 Å². The second-order valence-electron chi connectivity index (χ2n) is 3.17. The molecule has 0 atom stereocenters. The standard InChI is InChI=1S/C11H13BrN2O4/c1-2-7-17-11(16)14-6-5-13-10(15)8-3-4-9(12)18-8/h2-4H,1,5-7H2,(H,13,15)(H,14,16).